The summed E-state index contributed by atoms with van der Waals surface area (Å²) in [6.45, 7) is 1.90. The van der Waals surface area contributed by atoms with Crippen LogP contribution in [0.15, 0.2) is 69.3 Å². The number of primary amides is 1. The molecule has 7 nitrogen and oxygen atoms in total. The van der Waals surface area contributed by atoms with Crippen molar-refractivity contribution in [3.8, 4) is 6.07 Å². The minimum atomic E-state index is -0.777. The molecule has 0 bridgehead atoms. The topological polar surface area (TPSA) is 118 Å². The van der Waals surface area contributed by atoms with Crippen LogP contribution in [0.5, 0.6) is 0 Å². The third-order valence-corrected chi connectivity index (χ3v) is 5.23. The van der Waals surface area contributed by atoms with Crippen molar-refractivity contribution in [2.75, 3.05) is 12.4 Å². The van der Waals surface area contributed by atoms with Gasteiger partial charge in [0.05, 0.1) is 52.5 Å². The number of nitrogens with two attached hydrogens (primary N) is 1. The van der Waals surface area contributed by atoms with E-state index in [4.69, 9.17) is 14.9 Å². The van der Waals surface area contributed by atoms with Crippen LogP contribution in [0.3, 0.4) is 0 Å². The molecule has 2 heterocycles. The Labute approximate surface area is 172 Å². The summed E-state index contributed by atoms with van der Waals surface area (Å²) in [7, 11) is 0. The van der Waals surface area contributed by atoms with Gasteiger partial charge in [-0.05, 0) is 24.6 Å². The van der Waals surface area contributed by atoms with Crippen LogP contribution in [-0.4, -0.2) is 24.2 Å². The molecule has 0 aliphatic carbocycles. The van der Waals surface area contributed by atoms with Gasteiger partial charge in [0.2, 0.25) is 5.91 Å². The fourth-order valence-corrected chi connectivity index (χ4v) is 3.82. The number of esters is 1. The highest BCUT2D eigenvalue weighted by molar-refractivity contribution is 8.03. The van der Waals surface area contributed by atoms with Crippen LogP contribution in [0, 0.1) is 11.3 Å². The first kappa shape index (κ1) is 20.3. The largest absolute Gasteiger partial charge is 0.468 e. The van der Waals surface area contributed by atoms with Crippen molar-refractivity contribution in [3.63, 3.8) is 0 Å². The highest BCUT2D eigenvalue weighted by Crippen LogP contribution is 2.43. The molecule has 0 saturated heterocycles. The summed E-state index contributed by atoms with van der Waals surface area (Å²) in [5, 5.41) is 13.5. The number of ether oxygens (including phenoxy) is 1. The van der Waals surface area contributed by atoms with Crippen LogP contribution < -0.4 is 11.1 Å². The molecule has 1 aromatic heterocycles. The minimum absolute atomic E-state index is 0.0187. The zero-order chi connectivity index (χ0) is 20.8. The fraction of sp³-hybridized carbons (Fsp3) is 0.190. The molecule has 1 atom stereocenters. The average Bonchev–Trinajstić information content (AvgIpc) is 3.26. The number of hydrogen-bond donors (Lipinski definition) is 2. The van der Waals surface area contributed by atoms with Crippen LogP contribution in [0.1, 0.15) is 24.2 Å². The van der Waals surface area contributed by atoms with Gasteiger partial charge in [-0.2, -0.15) is 5.26 Å². The summed E-state index contributed by atoms with van der Waals surface area (Å²) in [4.78, 5) is 24.3. The van der Waals surface area contributed by atoms with E-state index in [2.05, 4.69) is 11.4 Å². The summed E-state index contributed by atoms with van der Waals surface area (Å²) < 4.78 is 10.9. The molecule has 2 aromatic rings. The van der Waals surface area contributed by atoms with Gasteiger partial charge in [0, 0.05) is 0 Å². The lowest BCUT2D eigenvalue weighted by molar-refractivity contribution is -0.138. The maximum atomic E-state index is 12.9. The molecule has 1 amide bonds. The first-order chi connectivity index (χ1) is 14.1. The number of nitrogens with zero attached hydrogens (tertiary/aromatic N) is 1. The van der Waals surface area contributed by atoms with Gasteiger partial charge in [-0.15, -0.1) is 0 Å². The number of allylic oxidation sites excluding steroid dienone is 1. The Balaban J connectivity index is 2.22. The number of benzene rings is 1. The summed E-state index contributed by atoms with van der Waals surface area (Å²) in [6.07, 6.45) is 1.48. The number of amides is 1. The maximum Gasteiger partial charge on any atom is 0.337 e. The number of hydrogen-bond acceptors (Lipinski definition) is 7. The lowest BCUT2D eigenvalue weighted by atomic mass is 9.84. The van der Waals surface area contributed by atoms with E-state index in [1.165, 1.54) is 6.26 Å². The lowest BCUT2D eigenvalue weighted by Crippen LogP contribution is -2.29. The standard InChI is InChI=1S/C21H19N3O4S/c1-2-27-21(26)18-17(15-9-6-10-28-15)14(11-22)20(29-12-16(23)25)24-19(18)13-7-4-3-5-8-13/h3-10,17,24H,2,12H2,1H3,(H2,23,25)/t17-/m0/s1. The van der Waals surface area contributed by atoms with E-state index in [1.54, 1.807) is 19.1 Å². The molecule has 0 spiro atoms. The van der Waals surface area contributed by atoms with E-state index >= 15 is 0 Å². The second-order valence-corrected chi connectivity index (χ2v) is 7.04. The predicted octanol–water partition coefficient (Wildman–Crippen LogP) is 2.89. The van der Waals surface area contributed by atoms with E-state index in [9.17, 15) is 14.9 Å². The van der Waals surface area contributed by atoms with Crippen molar-refractivity contribution in [2.45, 2.75) is 12.8 Å². The van der Waals surface area contributed by atoms with Crippen molar-refractivity contribution in [1.82, 2.24) is 5.32 Å². The van der Waals surface area contributed by atoms with E-state index < -0.39 is 17.8 Å². The smallest absolute Gasteiger partial charge is 0.337 e. The molecule has 0 saturated carbocycles. The van der Waals surface area contributed by atoms with E-state index in [0.29, 0.717) is 16.5 Å². The van der Waals surface area contributed by atoms with Crippen LogP contribution in [0.25, 0.3) is 5.70 Å². The van der Waals surface area contributed by atoms with E-state index in [0.717, 1.165) is 17.3 Å². The van der Waals surface area contributed by atoms with E-state index in [-0.39, 0.29) is 23.5 Å². The SMILES string of the molecule is CCOC(=O)C1=C(c2ccccc2)NC(SCC(N)=O)=C(C#N)[C@H]1c1ccco1. The quantitative estimate of drug-likeness (QED) is 0.675. The molecule has 3 rings (SSSR count). The summed E-state index contributed by atoms with van der Waals surface area (Å²) in [5.74, 6) is -1.43. The fourth-order valence-electron chi connectivity index (χ4n) is 3.04. The van der Waals surface area contributed by atoms with Crippen LogP contribution in [0.2, 0.25) is 0 Å². The van der Waals surface area contributed by atoms with Crippen molar-refractivity contribution in [1.29, 1.82) is 5.26 Å². The number of rotatable bonds is 7. The van der Waals surface area contributed by atoms with Gasteiger partial charge < -0.3 is 20.2 Å². The highest BCUT2D eigenvalue weighted by atomic mass is 32.2. The highest BCUT2D eigenvalue weighted by Gasteiger charge is 2.38. The molecule has 3 N–H and O–H groups in total. The minimum Gasteiger partial charge on any atom is -0.468 e. The monoisotopic (exact) mass is 409 g/mol. The molecule has 0 fully saturated rings. The number of nitriles is 1. The molecule has 1 aliphatic rings. The molecule has 1 aliphatic heterocycles. The first-order valence-corrected chi connectivity index (χ1v) is 9.87. The van der Waals surface area contributed by atoms with Gasteiger partial charge in [0.25, 0.3) is 0 Å². The Morgan fingerprint density at radius 2 is 2.03 bits per heavy atom. The number of nitrogens with one attached hydrogen (secondary N) is 1. The summed E-state index contributed by atoms with van der Waals surface area (Å²) in [5.41, 5.74) is 7.05. The molecular weight excluding hydrogens is 390 g/mol. The summed E-state index contributed by atoms with van der Waals surface area (Å²) >= 11 is 1.11. The van der Waals surface area contributed by atoms with Crippen molar-refractivity contribution < 1.29 is 18.7 Å². The molecule has 148 valence electrons. The van der Waals surface area contributed by atoms with Gasteiger partial charge in [-0.3, -0.25) is 4.79 Å². The number of carbonyl (C=O) groups is 2. The Morgan fingerprint density at radius 3 is 2.62 bits per heavy atom. The normalized spacial score (nSPS) is 16.2. The number of carbonyl (C=O) groups excluding carboxylic acids is 2. The lowest BCUT2D eigenvalue weighted by Gasteiger charge is -2.29. The predicted molar refractivity (Wildman–Crippen MR) is 109 cm³/mol. The molecule has 29 heavy (non-hydrogen) atoms. The Morgan fingerprint density at radius 1 is 1.28 bits per heavy atom. The number of dihydropyridines is 1. The van der Waals surface area contributed by atoms with Gasteiger partial charge >= 0.3 is 5.97 Å². The molecule has 0 radical (unpaired) electrons. The Hall–Kier alpha value is -3.44. The number of thioether (sulfide) groups is 1. The third kappa shape index (κ3) is 4.36. The van der Waals surface area contributed by atoms with Gasteiger partial charge in [0.1, 0.15) is 5.76 Å². The zero-order valence-corrected chi connectivity index (χ0v) is 16.5. The van der Waals surface area contributed by atoms with Crippen LogP contribution >= 0.6 is 11.8 Å². The Bertz CT molecular complexity index is 1000. The van der Waals surface area contributed by atoms with Gasteiger partial charge in [-0.1, -0.05) is 42.1 Å². The second-order valence-electron chi connectivity index (χ2n) is 6.06. The maximum absolute atomic E-state index is 12.9. The van der Waals surface area contributed by atoms with Crippen LogP contribution in [-0.2, 0) is 14.3 Å². The van der Waals surface area contributed by atoms with Crippen molar-refractivity contribution in [2.24, 2.45) is 5.73 Å². The first-order valence-electron chi connectivity index (χ1n) is 8.89. The summed E-state index contributed by atoms with van der Waals surface area (Å²) in [6, 6.07) is 14.8. The average molecular weight is 409 g/mol. The van der Waals surface area contributed by atoms with Gasteiger partial charge in [-0.25, -0.2) is 4.79 Å². The molecule has 0 unspecified atom stereocenters. The van der Waals surface area contributed by atoms with Crippen molar-refractivity contribution in [3.05, 3.63) is 76.2 Å². The van der Waals surface area contributed by atoms with E-state index in [1.807, 2.05) is 30.3 Å². The second kappa shape index (κ2) is 9.17. The van der Waals surface area contributed by atoms with Crippen molar-refractivity contribution >= 4 is 29.3 Å². The number of furan rings is 1. The van der Waals surface area contributed by atoms with Gasteiger partial charge in [0.15, 0.2) is 0 Å². The zero-order valence-electron chi connectivity index (χ0n) is 15.7. The third-order valence-electron chi connectivity index (χ3n) is 4.19. The molecular formula is C21H19N3O4S. The molecule has 8 heteroatoms. The van der Waals surface area contributed by atoms with Crippen LogP contribution in [0.4, 0.5) is 0 Å². The Kier molecular flexibility index (Phi) is 6.42. The molecule has 1 aromatic carbocycles.